The van der Waals surface area contributed by atoms with E-state index in [1.807, 2.05) is 0 Å². The molecule has 0 aliphatic carbocycles. The van der Waals surface area contributed by atoms with Crippen LogP contribution in [-0.4, -0.2) is 34.8 Å². The average Bonchev–Trinajstić information content (AvgIpc) is 2.61. The number of benzene rings is 2. The van der Waals surface area contributed by atoms with Gasteiger partial charge in [-0.05, 0) is 30.7 Å². The summed E-state index contributed by atoms with van der Waals surface area (Å²) in [6.07, 6.45) is 0. The van der Waals surface area contributed by atoms with Crippen LogP contribution in [0.5, 0.6) is 0 Å². The summed E-state index contributed by atoms with van der Waals surface area (Å²) in [6, 6.07) is 7.55. The molecular weight excluding hydrogens is 419 g/mol. The quantitative estimate of drug-likeness (QED) is 0.527. The molecule has 0 aliphatic heterocycles. The van der Waals surface area contributed by atoms with Gasteiger partial charge in [-0.15, -0.1) is 0 Å². The maximum absolute atomic E-state index is 13.0. The van der Waals surface area contributed by atoms with Gasteiger partial charge in [0.1, 0.15) is 10.9 Å². The van der Waals surface area contributed by atoms with E-state index in [0.29, 0.717) is 5.56 Å². The smallest absolute Gasteiger partial charge is 0.321 e. The summed E-state index contributed by atoms with van der Waals surface area (Å²) in [4.78, 5) is 21.3. The second-order valence-electron chi connectivity index (χ2n) is 5.56. The number of rotatable bonds is 7. The first kappa shape index (κ1) is 21.1. The third-order valence-corrected chi connectivity index (χ3v) is 6.39. The molecule has 11 heteroatoms. The molecule has 0 saturated carbocycles. The molecule has 8 nitrogen and oxygen atoms in total. The molecule has 1 unspecified atom stereocenters. The van der Waals surface area contributed by atoms with Crippen LogP contribution < -0.4 is 0 Å². The highest BCUT2D eigenvalue weighted by molar-refractivity contribution is 7.89. The SMILES string of the molecule is CC(C(=O)O)N(Cc1ccc([N+](=O)[O-])cc1)S(=O)(=O)c1cc(Cl)ccc1Cl. The number of aliphatic carboxylic acids is 1. The summed E-state index contributed by atoms with van der Waals surface area (Å²) in [7, 11) is -4.32. The van der Waals surface area contributed by atoms with E-state index in [2.05, 4.69) is 0 Å². The molecule has 2 aromatic carbocycles. The molecule has 0 fully saturated rings. The van der Waals surface area contributed by atoms with Crippen LogP contribution in [0.15, 0.2) is 47.4 Å². The van der Waals surface area contributed by atoms with Crippen molar-refractivity contribution in [3.8, 4) is 0 Å². The second kappa shape index (κ2) is 8.22. The summed E-state index contributed by atoms with van der Waals surface area (Å²) in [6.45, 7) is 0.889. The zero-order valence-corrected chi connectivity index (χ0v) is 16.2. The maximum Gasteiger partial charge on any atom is 0.321 e. The number of nitro groups is 1. The van der Waals surface area contributed by atoms with E-state index < -0.39 is 27.0 Å². The van der Waals surface area contributed by atoms with Crippen molar-refractivity contribution in [2.75, 3.05) is 0 Å². The van der Waals surface area contributed by atoms with Crippen LogP contribution in [0.4, 0.5) is 5.69 Å². The van der Waals surface area contributed by atoms with Gasteiger partial charge in [0, 0.05) is 23.7 Å². The molecular formula is C16H14Cl2N2O6S. The Morgan fingerprint density at radius 1 is 1.22 bits per heavy atom. The molecule has 0 saturated heterocycles. The normalized spacial score (nSPS) is 12.7. The minimum absolute atomic E-state index is 0.106. The first-order chi connectivity index (χ1) is 12.5. The lowest BCUT2D eigenvalue weighted by molar-refractivity contribution is -0.384. The number of carbonyl (C=O) groups is 1. The highest BCUT2D eigenvalue weighted by Crippen LogP contribution is 2.30. The highest BCUT2D eigenvalue weighted by Gasteiger charge is 2.34. The van der Waals surface area contributed by atoms with E-state index in [1.54, 1.807) is 0 Å². The summed E-state index contributed by atoms with van der Waals surface area (Å²) >= 11 is 11.8. The Kier molecular flexibility index (Phi) is 6.42. The zero-order valence-electron chi connectivity index (χ0n) is 13.9. The van der Waals surface area contributed by atoms with E-state index in [4.69, 9.17) is 23.2 Å². The first-order valence-electron chi connectivity index (χ1n) is 7.47. The van der Waals surface area contributed by atoms with Crippen molar-refractivity contribution < 1.29 is 23.2 Å². The molecule has 0 heterocycles. The van der Waals surface area contributed by atoms with Gasteiger partial charge in [-0.2, -0.15) is 4.31 Å². The average molecular weight is 433 g/mol. The number of sulfonamides is 1. The predicted molar refractivity (Wildman–Crippen MR) is 99.4 cm³/mol. The van der Waals surface area contributed by atoms with Gasteiger partial charge in [0.25, 0.3) is 5.69 Å². The summed E-state index contributed by atoms with van der Waals surface area (Å²) < 4.78 is 26.8. The fraction of sp³-hybridized carbons (Fsp3) is 0.188. The van der Waals surface area contributed by atoms with Crippen LogP contribution in [-0.2, 0) is 21.4 Å². The summed E-state index contributed by atoms with van der Waals surface area (Å²) in [5.41, 5.74) is 0.202. The largest absolute Gasteiger partial charge is 0.480 e. The van der Waals surface area contributed by atoms with Gasteiger partial charge in [-0.25, -0.2) is 8.42 Å². The third-order valence-electron chi connectivity index (χ3n) is 3.75. The van der Waals surface area contributed by atoms with Crippen molar-refractivity contribution >= 4 is 44.9 Å². The number of hydrogen-bond acceptors (Lipinski definition) is 5. The Bertz CT molecular complexity index is 979. The van der Waals surface area contributed by atoms with Crippen molar-refractivity contribution in [2.45, 2.75) is 24.4 Å². The molecule has 0 aliphatic rings. The van der Waals surface area contributed by atoms with Gasteiger partial charge in [-0.1, -0.05) is 35.3 Å². The van der Waals surface area contributed by atoms with Gasteiger partial charge in [-0.3, -0.25) is 14.9 Å². The second-order valence-corrected chi connectivity index (χ2v) is 8.27. The van der Waals surface area contributed by atoms with Gasteiger partial charge < -0.3 is 5.11 Å². The predicted octanol–water partition coefficient (Wildman–Crippen LogP) is 3.57. The lowest BCUT2D eigenvalue weighted by Crippen LogP contribution is -2.42. The van der Waals surface area contributed by atoms with Gasteiger partial charge in [0.05, 0.1) is 9.95 Å². The van der Waals surface area contributed by atoms with Crippen molar-refractivity contribution in [1.29, 1.82) is 0 Å². The number of nitro benzene ring substituents is 1. The molecule has 1 atom stereocenters. The molecule has 0 amide bonds. The van der Waals surface area contributed by atoms with E-state index in [-0.39, 0.29) is 27.2 Å². The molecule has 2 rings (SSSR count). The molecule has 0 aromatic heterocycles. The Labute approximate surface area is 165 Å². The maximum atomic E-state index is 13.0. The van der Waals surface area contributed by atoms with Gasteiger partial charge in [0.2, 0.25) is 10.0 Å². The monoisotopic (exact) mass is 432 g/mol. The summed E-state index contributed by atoms with van der Waals surface area (Å²) in [5, 5.41) is 20.1. The Morgan fingerprint density at radius 3 is 2.33 bits per heavy atom. The minimum atomic E-state index is -4.32. The molecule has 27 heavy (non-hydrogen) atoms. The topological polar surface area (TPSA) is 118 Å². The van der Waals surface area contributed by atoms with Crippen molar-refractivity contribution in [3.63, 3.8) is 0 Å². The molecule has 144 valence electrons. The van der Waals surface area contributed by atoms with Gasteiger partial charge >= 0.3 is 5.97 Å². The number of nitrogens with zero attached hydrogens (tertiary/aromatic N) is 2. The lowest BCUT2D eigenvalue weighted by Gasteiger charge is -2.26. The third kappa shape index (κ3) is 4.75. The van der Waals surface area contributed by atoms with Gasteiger partial charge in [0.15, 0.2) is 0 Å². The van der Waals surface area contributed by atoms with Crippen LogP contribution >= 0.6 is 23.2 Å². The first-order valence-corrected chi connectivity index (χ1v) is 9.66. The van der Waals surface area contributed by atoms with E-state index in [9.17, 15) is 28.4 Å². The van der Waals surface area contributed by atoms with Crippen LogP contribution in [0.2, 0.25) is 10.0 Å². The summed E-state index contributed by atoms with van der Waals surface area (Å²) in [5.74, 6) is -1.36. The standard InChI is InChI=1S/C16H14Cl2N2O6S/c1-10(16(21)22)19(9-11-2-5-13(6-3-11)20(23)24)27(25,26)15-8-12(17)4-7-14(15)18/h2-8,10H,9H2,1H3,(H,21,22). The van der Waals surface area contributed by atoms with Crippen molar-refractivity contribution in [1.82, 2.24) is 4.31 Å². The minimum Gasteiger partial charge on any atom is -0.480 e. The van der Waals surface area contributed by atoms with Crippen LogP contribution in [0.25, 0.3) is 0 Å². The number of carboxylic acids is 1. The van der Waals surface area contributed by atoms with Crippen molar-refractivity contribution in [2.24, 2.45) is 0 Å². The fourth-order valence-corrected chi connectivity index (χ4v) is 4.57. The molecule has 1 N–H and O–H groups in total. The van der Waals surface area contributed by atoms with E-state index in [1.165, 1.54) is 43.3 Å². The van der Waals surface area contributed by atoms with Crippen LogP contribution in [0.3, 0.4) is 0 Å². The number of hydrogen-bond donors (Lipinski definition) is 1. The number of carboxylic acid groups (broad SMARTS) is 1. The molecule has 2 aromatic rings. The fourth-order valence-electron chi connectivity index (χ4n) is 2.26. The Morgan fingerprint density at radius 2 is 1.81 bits per heavy atom. The number of non-ortho nitro benzene ring substituents is 1. The number of halogens is 2. The van der Waals surface area contributed by atoms with Crippen LogP contribution in [0.1, 0.15) is 12.5 Å². The van der Waals surface area contributed by atoms with Crippen LogP contribution in [0, 0.1) is 10.1 Å². The highest BCUT2D eigenvalue weighted by atomic mass is 35.5. The zero-order chi connectivity index (χ0) is 20.4. The Hall–Kier alpha value is -2.20. The Balaban J connectivity index is 2.49. The van der Waals surface area contributed by atoms with E-state index in [0.717, 1.165) is 10.4 Å². The molecule has 0 radical (unpaired) electrons. The molecule has 0 spiro atoms. The van der Waals surface area contributed by atoms with E-state index >= 15 is 0 Å². The lowest BCUT2D eigenvalue weighted by atomic mass is 10.2. The molecule has 0 bridgehead atoms. The van der Waals surface area contributed by atoms with Crippen molar-refractivity contribution in [3.05, 3.63) is 68.2 Å².